The van der Waals surface area contributed by atoms with E-state index in [0.717, 1.165) is 23.9 Å². The molecule has 0 bridgehead atoms. The number of unbranched alkanes of at least 4 members (excludes halogenated alkanes) is 14. The summed E-state index contributed by atoms with van der Waals surface area (Å²) in [5.74, 6) is -0.309. The molecule has 0 saturated carbocycles. The highest BCUT2D eigenvalue weighted by atomic mass is 16.5. The minimum atomic E-state index is -0.309. The smallest absolute Gasteiger partial charge is 0.330 e. The molecule has 0 aliphatic rings. The van der Waals surface area contributed by atoms with E-state index in [9.17, 15) is 4.79 Å². The Bertz CT molecular complexity index is 366. The second-order valence-electron chi connectivity index (χ2n) is 9.06. The van der Waals surface area contributed by atoms with Crippen LogP contribution in [-0.2, 0) is 9.53 Å². The van der Waals surface area contributed by atoms with Crippen molar-refractivity contribution in [3.63, 3.8) is 0 Å². The van der Waals surface area contributed by atoms with E-state index in [4.69, 9.17) is 4.74 Å². The van der Waals surface area contributed by atoms with Crippen molar-refractivity contribution in [2.24, 2.45) is 0 Å². The van der Waals surface area contributed by atoms with Crippen LogP contribution in [0.3, 0.4) is 0 Å². The molecule has 3 heteroatoms. The lowest BCUT2D eigenvalue weighted by Crippen LogP contribution is -2.41. The number of hydrogen-bond donors (Lipinski definition) is 0. The van der Waals surface area contributed by atoms with E-state index in [1.54, 1.807) is 0 Å². The van der Waals surface area contributed by atoms with Gasteiger partial charge in [-0.1, -0.05) is 90.6 Å². The Hall–Kier alpha value is -0.830. The van der Waals surface area contributed by atoms with Crippen LogP contribution in [0.5, 0.6) is 0 Å². The zero-order chi connectivity index (χ0) is 20.9. The fourth-order valence-corrected chi connectivity index (χ4v) is 3.72. The second kappa shape index (κ2) is 19.5. The average molecular weight is 397 g/mol. The summed E-state index contributed by atoms with van der Waals surface area (Å²) in [6.07, 6.45) is 23.1. The molecule has 166 valence electrons. The van der Waals surface area contributed by atoms with Crippen LogP contribution in [-0.4, -0.2) is 44.2 Å². The summed E-state index contributed by atoms with van der Waals surface area (Å²) < 4.78 is 6.11. The number of nitrogens with zero attached hydrogens (tertiary/aromatic N) is 1. The summed E-state index contributed by atoms with van der Waals surface area (Å²) in [6.45, 7) is 8.62. The predicted molar refractivity (Wildman–Crippen MR) is 123 cm³/mol. The van der Waals surface area contributed by atoms with Gasteiger partial charge in [0.25, 0.3) is 0 Å². The quantitative estimate of drug-likeness (QED) is 0.0898. The van der Waals surface area contributed by atoms with E-state index in [1.807, 2.05) is 0 Å². The minimum absolute atomic E-state index is 0.309. The third kappa shape index (κ3) is 19.9. The van der Waals surface area contributed by atoms with E-state index < -0.39 is 0 Å². The van der Waals surface area contributed by atoms with Gasteiger partial charge in [-0.05, 0) is 25.7 Å². The Morgan fingerprint density at radius 1 is 0.714 bits per heavy atom. The summed E-state index contributed by atoms with van der Waals surface area (Å²) in [5, 5.41) is 0. The maximum atomic E-state index is 11.0. The molecule has 0 fully saturated rings. The molecule has 0 radical (unpaired) electrons. The first-order valence-electron chi connectivity index (χ1n) is 12.1. The molecule has 0 N–H and O–H groups in total. The predicted octanol–water partition coefficient (Wildman–Crippen LogP) is 7.05. The Morgan fingerprint density at radius 2 is 1.11 bits per heavy atom. The molecule has 0 heterocycles. The molecular weight excluding hydrogens is 346 g/mol. The number of carbonyl (C=O) groups is 1. The van der Waals surface area contributed by atoms with Crippen molar-refractivity contribution in [3.8, 4) is 0 Å². The zero-order valence-corrected chi connectivity index (χ0v) is 19.5. The van der Waals surface area contributed by atoms with Crippen LogP contribution in [0.1, 0.15) is 110 Å². The summed E-state index contributed by atoms with van der Waals surface area (Å²) in [5.41, 5.74) is 0. The largest absolute Gasteiger partial charge is 0.463 e. The molecule has 0 atom stereocenters. The van der Waals surface area contributed by atoms with Crippen molar-refractivity contribution in [3.05, 3.63) is 12.7 Å². The first-order valence-corrected chi connectivity index (χ1v) is 12.1. The van der Waals surface area contributed by atoms with E-state index in [2.05, 4.69) is 27.6 Å². The van der Waals surface area contributed by atoms with Crippen molar-refractivity contribution in [1.82, 2.24) is 0 Å². The minimum Gasteiger partial charge on any atom is -0.463 e. The van der Waals surface area contributed by atoms with Crippen molar-refractivity contribution in [1.29, 1.82) is 0 Å². The van der Waals surface area contributed by atoms with Gasteiger partial charge in [0.1, 0.15) is 0 Å². The second-order valence-corrected chi connectivity index (χ2v) is 9.06. The van der Waals surface area contributed by atoms with Crippen LogP contribution in [0, 0.1) is 0 Å². The van der Waals surface area contributed by atoms with Gasteiger partial charge >= 0.3 is 5.97 Å². The molecule has 0 spiro atoms. The Labute approximate surface area is 176 Å². The average Bonchev–Trinajstić information content (AvgIpc) is 2.67. The van der Waals surface area contributed by atoms with Crippen LogP contribution in [0.15, 0.2) is 12.7 Å². The van der Waals surface area contributed by atoms with Crippen molar-refractivity contribution in [2.75, 3.05) is 33.8 Å². The van der Waals surface area contributed by atoms with Crippen LogP contribution < -0.4 is 0 Å². The highest BCUT2D eigenvalue weighted by Crippen LogP contribution is 2.13. The number of ether oxygens (including phenoxy) is 1. The van der Waals surface area contributed by atoms with Crippen molar-refractivity contribution >= 4 is 5.97 Å². The topological polar surface area (TPSA) is 26.3 Å². The monoisotopic (exact) mass is 396 g/mol. The lowest BCUT2D eigenvalue weighted by atomic mass is 10.0. The molecular formula is C25H50NO2+. The van der Waals surface area contributed by atoms with E-state index in [0.29, 0.717) is 6.61 Å². The lowest BCUT2D eigenvalue weighted by molar-refractivity contribution is -0.890. The van der Waals surface area contributed by atoms with Gasteiger partial charge in [0.15, 0.2) is 0 Å². The molecule has 0 rings (SSSR count). The Morgan fingerprint density at radius 3 is 1.54 bits per heavy atom. The van der Waals surface area contributed by atoms with Gasteiger partial charge in [-0.15, -0.1) is 0 Å². The van der Waals surface area contributed by atoms with Crippen LogP contribution in [0.25, 0.3) is 0 Å². The molecule has 0 aromatic carbocycles. The molecule has 0 aromatic rings. The number of rotatable bonds is 21. The van der Waals surface area contributed by atoms with Crippen LogP contribution in [0.4, 0.5) is 0 Å². The molecule has 0 aliphatic carbocycles. The SMILES string of the molecule is C=CC(=O)OCCCC[N+](C)(C)CCCCCCCCCCCCCCCC. The number of carbonyl (C=O) groups excluding carboxylic acids is 1. The third-order valence-electron chi connectivity index (χ3n) is 5.69. The molecule has 28 heavy (non-hydrogen) atoms. The highest BCUT2D eigenvalue weighted by molar-refractivity contribution is 5.81. The van der Waals surface area contributed by atoms with Gasteiger partial charge in [0.05, 0.1) is 33.8 Å². The van der Waals surface area contributed by atoms with Gasteiger partial charge in [0, 0.05) is 6.08 Å². The van der Waals surface area contributed by atoms with E-state index >= 15 is 0 Å². The van der Waals surface area contributed by atoms with Gasteiger partial charge < -0.3 is 9.22 Å². The summed E-state index contributed by atoms with van der Waals surface area (Å²) in [4.78, 5) is 11.0. The third-order valence-corrected chi connectivity index (χ3v) is 5.69. The van der Waals surface area contributed by atoms with Crippen LogP contribution >= 0.6 is 0 Å². The fourth-order valence-electron chi connectivity index (χ4n) is 3.72. The first-order chi connectivity index (χ1) is 13.5. The van der Waals surface area contributed by atoms with Gasteiger partial charge in [-0.3, -0.25) is 0 Å². The highest BCUT2D eigenvalue weighted by Gasteiger charge is 2.13. The summed E-state index contributed by atoms with van der Waals surface area (Å²) >= 11 is 0. The zero-order valence-electron chi connectivity index (χ0n) is 19.5. The van der Waals surface area contributed by atoms with Crippen molar-refractivity contribution in [2.45, 2.75) is 110 Å². The molecule has 3 nitrogen and oxygen atoms in total. The maximum absolute atomic E-state index is 11.0. The molecule has 0 unspecified atom stereocenters. The fraction of sp³-hybridized carbons (Fsp3) is 0.880. The van der Waals surface area contributed by atoms with Gasteiger partial charge in [0.2, 0.25) is 0 Å². The van der Waals surface area contributed by atoms with E-state index in [-0.39, 0.29) is 5.97 Å². The summed E-state index contributed by atoms with van der Waals surface area (Å²) in [6, 6.07) is 0. The van der Waals surface area contributed by atoms with E-state index in [1.165, 1.54) is 103 Å². The Balaban J connectivity index is 3.33. The summed E-state index contributed by atoms with van der Waals surface area (Å²) in [7, 11) is 4.63. The van der Waals surface area contributed by atoms with Crippen LogP contribution in [0.2, 0.25) is 0 Å². The molecule has 0 aromatic heterocycles. The molecule has 0 amide bonds. The first kappa shape index (κ1) is 27.2. The maximum Gasteiger partial charge on any atom is 0.330 e. The lowest BCUT2D eigenvalue weighted by Gasteiger charge is -2.30. The standard InChI is InChI=1S/C25H50NO2/c1-5-7-8-9-10-11-12-13-14-15-16-17-18-19-22-26(3,4)23-20-21-24-28-25(27)6-2/h6H,2,5,7-24H2,1,3-4H3/q+1. The Kier molecular flexibility index (Phi) is 18.9. The normalized spacial score (nSPS) is 11.5. The number of quaternary nitrogens is 1. The van der Waals surface area contributed by atoms with Gasteiger partial charge in [-0.2, -0.15) is 0 Å². The number of hydrogen-bond acceptors (Lipinski definition) is 2. The van der Waals surface area contributed by atoms with Gasteiger partial charge in [-0.25, -0.2) is 4.79 Å². The van der Waals surface area contributed by atoms with Crippen molar-refractivity contribution < 1.29 is 14.0 Å². The number of esters is 1. The molecule has 0 aliphatic heterocycles. The molecule has 0 saturated heterocycles.